The second kappa shape index (κ2) is 4.24. The van der Waals surface area contributed by atoms with E-state index >= 15 is 0 Å². The SMILES string of the molecule is NC1(C(=O)N2CCC(C(=O)O)C(C(=O)O)C2)CC1. The van der Waals surface area contributed by atoms with Crippen LogP contribution in [0.1, 0.15) is 19.3 Å². The van der Waals surface area contributed by atoms with Crippen LogP contribution in [0.3, 0.4) is 0 Å². The zero-order chi connectivity index (χ0) is 13.5. The molecule has 1 heterocycles. The summed E-state index contributed by atoms with van der Waals surface area (Å²) in [5.74, 6) is -4.54. The van der Waals surface area contributed by atoms with Crippen LogP contribution in [0.2, 0.25) is 0 Å². The molecule has 2 atom stereocenters. The molecule has 1 aliphatic heterocycles. The number of carboxylic acids is 2. The number of carbonyl (C=O) groups excluding carboxylic acids is 1. The van der Waals surface area contributed by atoms with E-state index in [0.29, 0.717) is 12.8 Å². The molecule has 0 aromatic rings. The average Bonchev–Trinajstić information content (AvgIpc) is 3.06. The average molecular weight is 256 g/mol. The van der Waals surface area contributed by atoms with Gasteiger partial charge in [0.1, 0.15) is 0 Å². The summed E-state index contributed by atoms with van der Waals surface area (Å²) in [7, 11) is 0. The maximum absolute atomic E-state index is 12.0. The third kappa shape index (κ3) is 2.17. The number of hydrogen-bond donors (Lipinski definition) is 3. The molecule has 2 fully saturated rings. The Morgan fingerprint density at radius 1 is 1.11 bits per heavy atom. The number of likely N-dealkylation sites (tertiary alicyclic amines) is 1. The molecular formula is C11H16N2O5. The predicted octanol–water partition coefficient (Wildman–Crippen LogP) is -0.888. The third-order valence-electron chi connectivity index (χ3n) is 3.75. The summed E-state index contributed by atoms with van der Waals surface area (Å²) in [4.78, 5) is 35.4. The molecule has 4 N–H and O–H groups in total. The van der Waals surface area contributed by atoms with E-state index in [-0.39, 0.29) is 25.4 Å². The van der Waals surface area contributed by atoms with Crippen molar-refractivity contribution in [3.8, 4) is 0 Å². The van der Waals surface area contributed by atoms with Crippen molar-refractivity contribution >= 4 is 17.8 Å². The molecule has 0 aromatic carbocycles. The summed E-state index contributed by atoms with van der Waals surface area (Å²) >= 11 is 0. The van der Waals surface area contributed by atoms with Gasteiger partial charge in [-0.1, -0.05) is 0 Å². The monoisotopic (exact) mass is 256 g/mol. The quantitative estimate of drug-likeness (QED) is 0.602. The molecular weight excluding hydrogens is 240 g/mol. The van der Waals surface area contributed by atoms with Crippen LogP contribution in [0.5, 0.6) is 0 Å². The summed E-state index contributed by atoms with van der Waals surface area (Å²) in [5.41, 5.74) is 4.95. The molecule has 7 nitrogen and oxygen atoms in total. The van der Waals surface area contributed by atoms with E-state index in [4.69, 9.17) is 15.9 Å². The van der Waals surface area contributed by atoms with Gasteiger partial charge in [-0.05, 0) is 19.3 Å². The lowest BCUT2D eigenvalue weighted by molar-refractivity contribution is -0.159. The van der Waals surface area contributed by atoms with Gasteiger partial charge < -0.3 is 20.8 Å². The van der Waals surface area contributed by atoms with E-state index in [9.17, 15) is 14.4 Å². The Bertz CT molecular complexity index is 404. The van der Waals surface area contributed by atoms with E-state index in [1.54, 1.807) is 0 Å². The highest BCUT2D eigenvalue weighted by Crippen LogP contribution is 2.36. The third-order valence-corrected chi connectivity index (χ3v) is 3.75. The normalized spacial score (nSPS) is 29.7. The maximum Gasteiger partial charge on any atom is 0.309 e. The van der Waals surface area contributed by atoms with Crippen LogP contribution in [-0.2, 0) is 14.4 Å². The zero-order valence-corrected chi connectivity index (χ0v) is 9.83. The fraction of sp³-hybridized carbons (Fsp3) is 0.727. The molecule has 0 radical (unpaired) electrons. The van der Waals surface area contributed by atoms with E-state index in [2.05, 4.69) is 0 Å². The Balaban J connectivity index is 2.08. The molecule has 0 spiro atoms. The number of nitrogens with two attached hydrogens (primary N) is 1. The largest absolute Gasteiger partial charge is 0.481 e. The Labute approximate surface area is 104 Å². The van der Waals surface area contributed by atoms with Gasteiger partial charge in [-0.25, -0.2) is 0 Å². The number of aliphatic carboxylic acids is 2. The van der Waals surface area contributed by atoms with Gasteiger partial charge in [-0.15, -0.1) is 0 Å². The van der Waals surface area contributed by atoms with Crippen LogP contribution in [0.15, 0.2) is 0 Å². The first kappa shape index (κ1) is 12.8. The molecule has 1 saturated carbocycles. The lowest BCUT2D eigenvalue weighted by Crippen LogP contribution is -2.53. The summed E-state index contributed by atoms with van der Waals surface area (Å²) < 4.78 is 0. The zero-order valence-electron chi connectivity index (χ0n) is 9.83. The van der Waals surface area contributed by atoms with Crippen molar-refractivity contribution in [3.63, 3.8) is 0 Å². The smallest absolute Gasteiger partial charge is 0.309 e. The Morgan fingerprint density at radius 3 is 2.11 bits per heavy atom. The topological polar surface area (TPSA) is 121 Å². The van der Waals surface area contributed by atoms with Crippen molar-refractivity contribution in [1.82, 2.24) is 4.90 Å². The number of carboxylic acid groups (broad SMARTS) is 2. The van der Waals surface area contributed by atoms with E-state index in [1.807, 2.05) is 0 Å². The number of amides is 1. The van der Waals surface area contributed by atoms with Crippen molar-refractivity contribution in [1.29, 1.82) is 0 Å². The molecule has 0 aromatic heterocycles. The van der Waals surface area contributed by atoms with Crippen molar-refractivity contribution in [2.75, 3.05) is 13.1 Å². The van der Waals surface area contributed by atoms with Gasteiger partial charge in [0.15, 0.2) is 0 Å². The van der Waals surface area contributed by atoms with Gasteiger partial charge in [0.25, 0.3) is 0 Å². The minimum Gasteiger partial charge on any atom is -0.481 e. The van der Waals surface area contributed by atoms with Gasteiger partial charge in [0.2, 0.25) is 5.91 Å². The van der Waals surface area contributed by atoms with Crippen molar-refractivity contribution in [2.45, 2.75) is 24.8 Å². The number of rotatable bonds is 3. The first-order valence-electron chi connectivity index (χ1n) is 5.89. The van der Waals surface area contributed by atoms with Crippen LogP contribution < -0.4 is 5.73 Å². The van der Waals surface area contributed by atoms with Gasteiger partial charge in [0.05, 0.1) is 17.4 Å². The number of piperidine rings is 1. The molecule has 0 bridgehead atoms. The highest BCUT2D eigenvalue weighted by molar-refractivity contribution is 5.90. The van der Waals surface area contributed by atoms with Crippen LogP contribution in [0.25, 0.3) is 0 Å². The summed E-state index contributed by atoms with van der Waals surface area (Å²) in [5, 5.41) is 18.0. The maximum atomic E-state index is 12.0. The van der Waals surface area contributed by atoms with Crippen LogP contribution in [0.4, 0.5) is 0 Å². The number of hydrogen-bond acceptors (Lipinski definition) is 4. The summed E-state index contributed by atoms with van der Waals surface area (Å²) in [6, 6.07) is 0. The van der Waals surface area contributed by atoms with Gasteiger partial charge in [-0.2, -0.15) is 0 Å². The van der Waals surface area contributed by atoms with E-state index < -0.39 is 29.3 Å². The standard InChI is InChI=1S/C11H16N2O5/c12-11(2-3-11)10(18)13-4-1-6(8(14)15)7(5-13)9(16)17/h6-7H,1-5,12H2,(H,14,15)(H,16,17). The number of nitrogens with zero attached hydrogens (tertiary/aromatic N) is 1. The van der Waals surface area contributed by atoms with Crippen LogP contribution in [-0.4, -0.2) is 51.6 Å². The molecule has 2 aliphatic rings. The fourth-order valence-corrected chi connectivity index (χ4v) is 2.35. The van der Waals surface area contributed by atoms with Crippen molar-refractivity contribution < 1.29 is 24.6 Å². The predicted molar refractivity (Wildman–Crippen MR) is 59.6 cm³/mol. The number of carbonyl (C=O) groups is 3. The van der Waals surface area contributed by atoms with Gasteiger partial charge in [0, 0.05) is 13.1 Å². The van der Waals surface area contributed by atoms with E-state index in [0.717, 1.165) is 0 Å². The molecule has 1 aliphatic carbocycles. The molecule has 7 heteroatoms. The fourth-order valence-electron chi connectivity index (χ4n) is 2.35. The highest BCUT2D eigenvalue weighted by atomic mass is 16.4. The van der Waals surface area contributed by atoms with Crippen LogP contribution in [0, 0.1) is 11.8 Å². The minimum absolute atomic E-state index is 0.0654. The highest BCUT2D eigenvalue weighted by Gasteiger charge is 2.50. The Kier molecular flexibility index (Phi) is 3.02. The van der Waals surface area contributed by atoms with Crippen molar-refractivity contribution in [2.24, 2.45) is 17.6 Å². The Morgan fingerprint density at radius 2 is 1.67 bits per heavy atom. The van der Waals surface area contributed by atoms with Gasteiger partial charge >= 0.3 is 11.9 Å². The lowest BCUT2D eigenvalue weighted by Gasteiger charge is -2.35. The molecule has 100 valence electrons. The summed E-state index contributed by atoms with van der Waals surface area (Å²) in [6.45, 7) is 0.197. The molecule has 2 unspecified atom stereocenters. The first-order chi connectivity index (χ1) is 8.35. The molecule has 18 heavy (non-hydrogen) atoms. The first-order valence-corrected chi connectivity index (χ1v) is 5.89. The van der Waals surface area contributed by atoms with Crippen LogP contribution >= 0.6 is 0 Å². The van der Waals surface area contributed by atoms with E-state index in [1.165, 1.54) is 4.90 Å². The van der Waals surface area contributed by atoms with Gasteiger partial charge in [-0.3, -0.25) is 14.4 Å². The molecule has 2 rings (SSSR count). The molecule has 1 amide bonds. The lowest BCUT2D eigenvalue weighted by atomic mass is 9.85. The van der Waals surface area contributed by atoms with Crippen molar-refractivity contribution in [3.05, 3.63) is 0 Å². The molecule has 1 saturated heterocycles. The second-order valence-electron chi connectivity index (χ2n) is 5.09. The summed E-state index contributed by atoms with van der Waals surface area (Å²) in [6.07, 6.45) is 1.39. The Hall–Kier alpha value is -1.63. The minimum atomic E-state index is -1.18. The second-order valence-corrected chi connectivity index (χ2v) is 5.09.